The van der Waals surface area contributed by atoms with Gasteiger partial charge < -0.3 is 10.3 Å². The van der Waals surface area contributed by atoms with Gasteiger partial charge in [-0.05, 0) is 12.8 Å². The van der Waals surface area contributed by atoms with Crippen molar-refractivity contribution in [2.45, 2.75) is 38.3 Å². The van der Waals surface area contributed by atoms with Crippen LogP contribution >= 0.6 is 0 Å². The molecule has 2 rings (SSSR count). The molecule has 1 aliphatic rings. The maximum atomic E-state index is 11.3. The third-order valence-corrected chi connectivity index (χ3v) is 3.48. The Morgan fingerprint density at radius 1 is 1.45 bits per heavy atom. The van der Waals surface area contributed by atoms with Crippen molar-refractivity contribution in [3.05, 3.63) is 17.5 Å². The van der Waals surface area contributed by atoms with Crippen molar-refractivity contribution in [2.75, 3.05) is 6.54 Å². The molecule has 1 fully saturated rings. The van der Waals surface area contributed by atoms with Gasteiger partial charge in [0.05, 0.1) is 13.1 Å². The quantitative estimate of drug-likeness (QED) is 0.367. The summed E-state index contributed by atoms with van der Waals surface area (Å²) in [5.74, 6) is 4.65. The van der Waals surface area contributed by atoms with Crippen LogP contribution in [0.15, 0.2) is 10.6 Å². The summed E-state index contributed by atoms with van der Waals surface area (Å²) in [7, 11) is 0. The number of nitrogens with zero attached hydrogens (tertiary/aromatic N) is 2. The average Bonchev–Trinajstić information content (AvgIpc) is 3.07. The van der Waals surface area contributed by atoms with E-state index in [1.165, 1.54) is 6.07 Å². The largest absolute Gasteiger partial charge is 0.369 e. The van der Waals surface area contributed by atoms with Crippen LogP contribution in [0.5, 0.6) is 0 Å². The van der Waals surface area contributed by atoms with Crippen molar-refractivity contribution in [3.63, 3.8) is 0 Å². The van der Waals surface area contributed by atoms with Gasteiger partial charge in [-0.2, -0.15) is 0 Å². The Hall–Kier alpha value is -1.93. The van der Waals surface area contributed by atoms with E-state index in [1.807, 2.05) is 10.3 Å². The van der Waals surface area contributed by atoms with Gasteiger partial charge in [-0.3, -0.25) is 19.9 Å². The normalized spacial score (nSPS) is 15.7. The Kier molecular flexibility index (Phi) is 4.70. The molecule has 0 aromatic carbocycles. The summed E-state index contributed by atoms with van der Waals surface area (Å²) in [6.07, 6.45) is 4.38. The molecular weight excluding hydrogens is 262 g/mol. The highest BCUT2D eigenvalue weighted by Crippen LogP contribution is 2.24. The molecule has 0 spiro atoms. The number of carbonyl (C=O) groups is 2. The van der Waals surface area contributed by atoms with Crippen LogP contribution in [0.25, 0.3) is 0 Å². The van der Waals surface area contributed by atoms with E-state index in [0.29, 0.717) is 18.3 Å². The summed E-state index contributed by atoms with van der Waals surface area (Å²) in [6.45, 7) is 0.572. The van der Waals surface area contributed by atoms with Crippen LogP contribution < -0.4 is 17.0 Å². The monoisotopic (exact) mass is 281 g/mol. The molecule has 2 amide bonds. The standard InChI is InChI=1S/C12H19N5O3/c13-11(18)7-17(8-3-1-2-4-8)6-9-5-10(16-20-9)12(19)15-14/h5,8H,1-4,6-7,14H2,(H2,13,18)(H,15,19). The van der Waals surface area contributed by atoms with E-state index in [4.69, 9.17) is 16.1 Å². The first kappa shape index (κ1) is 14.5. The lowest BCUT2D eigenvalue weighted by molar-refractivity contribution is -0.119. The molecule has 0 saturated heterocycles. The van der Waals surface area contributed by atoms with Crippen molar-refractivity contribution in [2.24, 2.45) is 11.6 Å². The number of nitrogens with two attached hydrogens (primary N) is 2. The predicted molar refractivity (Wildman–Crippen MR) is 70.0 cm³/mol. The number of nitrogens with one attached hydrogen (secondary N) is 1. The van der Waals surface area contributed by atoms with Crippen molar-refractivity contribution in [3.8, 4) is 0 Å². The molecule has 1 aromatic rings. The van der Waals surface area contributed by atoms with E-state index < -0.39 is 5.91 Å². The smallest absolute Gasteiger partial charge is 0.287 e. The van der Waals surface area contributed by atoms with Crippen molar-refractivity contribution < 1.29 is 14.1 Å². The zero-order valence-electron chi connectivity index (χ0n) is 11.2. The fraction of sp³-hybridized carbons (Fsp3) is 0.583. The second-order valence-corrected chi connectivity index (χ2v) is 4.96. The molecule has 8 heteroatoms. The predicted octanol–water partition coefficient (Wildman–Crippen LogP) is -0.492. The summed E-state index contributed by atoms with van der Waals surface area (Å²) in [5, 5.41) is 3.64. The highest BCUT2D eigenvalue weighted by molar-refractivity contribution is 5.91. The third-order valence-electron chi connectivity index (χ3n) is 3.48. The van der Waals surface area contributed by atoms with Crippen molar-refractivity contribution in [1.29, 1.82) is 0 Å². The van der Waals surface area contributed by atoms with Crippen LogP contribution in [0, 0.1) is 0 Å². The summed E-state index contributed by atoms with van der Waals surface area (Å²) in [5.41, 5.74) is 7.39. The van der Waals surface area contributed by atoms with E-state index >= 15 is 0 Å². The Bertz CT molecular complexity index is 481. The number of nitrogen functional groups attached to an aromatic ring is 1. The number of primary amides is 1. The molecule has 1 aliphatic carbocycles. The lowest BCUT2D eigenvalue weighted by Crippen LogP contribution is -2.39. The van der Waals surface area contributed by atoms with Gasteiger partial charge in [0.15, 0.2) is 11.5 Å². The van der Waals surface area contributed by atoms with Gasteiger partial charge in [-0.1, -0.05) is 18.0 Å². The van der Waals surface area contributed by atoms with Gasteiger partial charge in [-0.15, -0.1) is 0 Å². The van der Waals surface area contributed by atoms with Crippen LogP contribution in [-0.2, 0) is 11.3 Å². The average molecular weight is 281 g/mol. The lowest BCUT2D eigenvalue weighted by Gasteiger charge is -2.26. The molecule has 0 bridgehead atoms. The third kappa shape index (κ3) is 3.55. The van der Waals surface area contributed by atoms with E-state index in [2.05, 4.69) is 5.16 Å². The Morgan fingerprint density at radius 2 is 2.15 bits per heavy atom. The summed E-state index contributed by atoms with van der Waals surface area (Å²) in [6, 6.07) is 1.84. The van der Waals surface area contributed by atoms with Gasteiger partial charge in [-0.25, -0.2) is 5.84 Å². The number of carbonyl (C=O) groups excluding carboxylic acids is 2. The highest BCUT2D eigenvalue weighted by Gasteiger charge is 2.25. The maximum absolute atomic E-state index is 11.3. The fourth-order valence-electron chi connectivity index (χ4n) is 2.55. The van der Waals surface area contributed by atoms with Crippen LogP contribution in [0.2, 0.25) is 0 Å². The van der Waals surface area contributed by atoms with Crippen LogP contribution in [0.4, 0.5) is 0 Å². The number of hydrogen-bond acceptors (Lipinski definition) is 6. The molecule has 0 atom stereocenters. The Balaban J connectivity index is 2.04. The first-order valence-electron chi connectivity index (χ1n) is 6.59. The molecule has 1 aromatic heterocycles. The molecule has 0 radical (unpaired) electrons. The minimum Gasteiger partial charge on any atom is -0.369 e. The number of rotatable bonds is 6. The molecule has 1 heterocycles. The number of amides is 2. The topological polar surface area (TPSA) is 127 Å². The minimum absolute atomic E-state index is 0.118. The van der Waals surface area contributed by atoms with Gasteiger partial charge in [0.1, 0.15) is 0 Å². The van der Waals surface area contributed by atoms with E-state index in [-0.39, 0.29) is 18.1 Å². The second kappa shape index (κ2) is 6.49. The number of hydrogen-bond donors (Lipinski definition) is 3. The molecule has 1 saturated carbocycles. The zero-order chi connectivity index (χ0) is 14.5. The molecule has 5 N–H and O–H groups in total. The van der Waals surface area contributed by atoms with E-state index in [9.17, 15) is 9.59 Å². The first-order chi connectivity index (χ1) is 9.60. The molecule has 20 heavy (non-hydrogen) atoms. The second-order valence-electron chi connectivity index (χ2n) is 4.96. The van der Waals surface area contributed by atoms with Crippen molar-refractivity contribution in [1.82, 2.24) is 15.5 Å². The number of hydrazine groups is 1. The number of aromatic nitrogens is 1. The van der Waals surface area contributed by atoms with E-state index in [1.54, 1.807) is 0 Å². The van der Waals surface area contributed by atoms with Gasteiger partial charge in [0.25, 0.3) is 5.91 Å². The van der Waals surface area contributed by atoms with Gasteiger partial charge in [0, 0.05) is 12.1 Å². The summed E-state index contributed by atoms with van der Waals surface area (Å²) >= 11 is 0. The fourth-order valence-corrected chi connectivity index (χ4v) is 2.55. The van der Waals surface area contributed by atoms with Gasteiger partial charge >= 0.3 is 0 Å². The van der Waals surface area contributed by atoms with Crippen LogP contribution in [0.3, 0.4) is 0 Å². The minimum atomic E-state index is -0.512. The molecule has 8 nitrogen and oxygen atoms in total. The van der Waals surface area contributed by atoms with Crippen LogP contribution in [0.1, 0.15) is 41.9 Å². The first-order valence-corrected chi connectivity index (χ1v) is 6.59. The Labute approximate surface area is 116 Å². The van der Waals surface area contributed by atoms with E-state index in [0.717, 1.165) is 25.7 Å². The summed E-state index contributed by atoms with van der Waals surface area (Å²) < 4.78 is 5.10. The van der Waals surface area contributed by atoms with Crippen LogP contribution in [-0.4, -0.2) is 34.5 Å². The maximum Gasteiger partial charge on any atom is 0.287 e. The Morgan fingerprint density at radius 3 is 2.75 bits per heavy atom. The lowest BCUT2D eigenvalue weighted by atomic mass is 10.2. The van der Waals surface area contributed by atoms with Gasteiger partial charge in [0.2, 0.25) is 5.91 Å². The molecule has 110 valence electrons. The molecule has 0 aliphatic heterocycles. The summed E-state index contributed by atoms with van der Waals surface area (Å²) in [4.78, 5) is 24.4. The molecule has 0 unspecified atom stereocenters. The zero-order valence-corrected chi connectivity index (χ0v) is 11.2. The van der Waals surface area contributed by atoms with Crippen molar-refractivity contribution >= 4 is 11.8 Å². The highest BCUT2D eigenvalue weighted by atomic mass is 16.5. The molecular formula is C12H19N5O3. The SMILES string of the molecule is NNC(=O)c1cc(CN(CC(N)=O)C2CCCC2)on1.